The van der Waals surface area contributed by atoms with Gasteiger partial charge in [-0.25, -0.2) is 0 Å². The van der Waals surface area contributed by atoms with E-state index in [1.807, 2.05) is 0 Å². The van der Waals surface area contributed by atoms with Crippen LogP contribution in [0.25, 0.3) is 0 Å². The van der Waals surface area contributed by atoms with E-state index in [1.165, 1.54) is 25.0 Å². The minimum atomic E-state index is -0.707. The van der Waals surface area contributed by atoms with Gasteiger partial charge in [-0.1, -0.05) is 37.3 Å². The number of benzene rings is 1. The van der Waals surface area contributed by atoms with E-state index in [0.717, 1.165) is 25.7 Å². The number of hydrogen-bond donors (Lipinski definition) is 2. The molecular formula is C14H19ClN2O3. The Morgan fingerprint density at radius 1 is 1.30 bits per heavy atom. The molecule has 1 saturated carbocycles. The molecule has 0 amide bonds. The quantitative estimate of drug-likeness (QED) is 0.504. The fourth-order valence-electron chi connectivity index (χ4n) is 2.58. The molecule has 0 atom stereocenters. The number of hydrogen-bond acceptors (Lipinski definition) is 4. The van der Waals surface area contributed by atoms with E-state index < -0.39 is 10.5 Å². The smallest absolute Gasteiger partial charge is 0.271 e. The SMILES string of the molecule is O=[N+]([O-])c1ccc(NCC2(O)CCCCCC2)c(Cl)c1. The van der Waals surface area contributed by atoms with Crippen LogP contribution >= 0.6 is 11.6 Å². The monoisotopic (exact) mass is 298 g/mol. The Labute approximate surface area is 123 Å². The van der Waals surface area contributed by atoms with Crippen molar-refractivity contribution in [3.05, 3.63) is 33.3 Å². The van der Waals surface area contributed by atoms with Crippen LogP contribution in [0.15, 0.2) is 18.2 Å². The highest BCUT2D eigenvalue weighted by atomic mass is 35.5. The van der Waals surface area contributed by atoms with Gasteiger partial charge < -0.3 is 10.4 Å². The number of nitrogens with one attached hydrogen (secondary N) is 1. The van der Waals surface area contributed by atoms with Gasteiger partial charge in [-0.05, 0) is 18.9 Å². The molecule has 0 heterocycles. The molecule has 110 valence electrons. The first-order chi connectivity index (χ1) is 9.50. The van der Waals surface area contributed by atoms with Crippen LogP contribution in [0.5, 0.6) is 0 Å². The second-order valence-electron chi connectivity index (χ2n) is 5.41. The van der Waals surface area contributed by atoms with Gasteiger partial charge in [0, 0.05) is 18.7 Å². The standard InChI is InChI=1S/C14H19ClN2O3/c15-12-9-11(17(19)20)5-6-13(12)16-10-14(18)7-3-1-2-4-8-14/h5-6,9,16,18H,1-4,7-8,10H2. The van der Waals surface area contributed by atoms with Gasteiger partial charge in [0.15, 0.2) is 0 Å². The maximum Gasteiger partial charge on any atom is 0.271 e. The predicted octanol–water partition coefficient (Wildman–Crippen LogP) is 3.75. The molecule has 0 bridgehead atoms. The summed E-state index contributed by atoms with van der Waals surface area (Å²) in [7, 11) is 0. The van der Waals surface area contributed by atoms with Crippen LogP contribution in [0.4, 0.5) is 11.4 Å². The first-order valence-electron chi connectivity index (χ1n) is 6.90. The summed E-state index contributed by atoms with van der Waals surface area (Å²) in [5, 5.41) is 24.6. The molecule has 5 nitrogen and oxygen atoms in total. The third-order valence-electron chi connectivity index (χ3n) is 3.81. The number of anilines is 1. The van der Waals surface area contributed by atoms with E-state index >= 15 is 0 Å². The molecule has 1 fully saturated rings. The summed E-state index contributed by atoms with van der Waals surface area (Å²) < 4.78 is 0. The van der Waals surface area contributed by atoms with Crippen molar-refractivity contribution in [2.45, 2.75) is 44.1 Å². The number of aliphatic hydroxyl groups is 1. The first kappa shape index (κ1) is 15.1. The molecule has 6 heteroatoms. The van der Waals surface area contributed by atoms with Crippen molar-refractivity contribution in [2.75, 3.05) is 11.9 Å². The Bertz CT molecular complexity index is 485. The topological polar surface area (TPSA) is 75.4 Å². The number of nitro groups is 1. The van der Waals surface area contributed by atoms with Crippen molar-refractivity contribution in [3.63, 3.8) is 0 Å². The van der Waals surface area contributed by atoms with E-state index in [-0.39, 0.29) is 5.69 Å². The minimum absolute atomic E-state index is 0.0336. The van der Waals surface area contributed by atoms with Gasteiger partial charge in [-0.2, -0.15) is 0 Å². The van der Waals surface area contributed by atoms with Crippen molar-refractivity contribution in [2.24, 2.45) is 0 Å². The van der Waals surface area contributed by atoms with Crippen LogP contribution in [-0.4, -0.2) is 22.2 Å². The Kier molecular flexibility index (Phi) is 4.83. The summed E-state index contributed by atoms with van der Waals surface area (Å²) in [6, 6.07) is 4.31. The number of rotatable bonds is 4. The molecule has 0 saturated heterocycles. The third-order valence-corrected chi connectivity index (χ3v) is 4.12. The maximum atomic E-state index is 10.6. The molecule has 2 N–H and O–H groups in total. The van der Waals surface area contributed by atoms with Crippen molar-refractivity contribution in [1.82, 2.24) is 0 Å². The summed E-state index contributed by atoms with van der Waals surface area (Å²) in [6.07, 6.45) is 5.97. The highest BCUT2D eigenvalue weighted by Crippen LogP contribution is 2.30. The molecule has 0 aliphatic heterocycles. The number of nitro benzene ring substituents is 1. The molecule has 20 heavy (non-hydrogen) atoms. The summed E-state index contributed by atoms with van der Waals surface area (Å²) >= 11 is 6.02. The lowest BCUT2D eigenvalue weighted by Gasteiger charge is -2.27. The van der Waals surface area contributed by atoms with Crippen LogP contribution in [0, 0.1) is 10.1 Å². The van der Waals surface area contributed by atoms with Crippen molar-refractivity contribution in [1.29, 1.82) is 0 Å². The molecule has 2 rings (SSSR count). The van der Waals surface area contributed by atoms with E-state index in [1.54, 1.807) is 6.07 Å². The van der Waals surface area contributed by atoms with Crippen LogP contribution in [0.3, 0.4) is 0 Å². The van der Waals surface area contributed by atoms with Gasteiger partial charge in [-0.3, -0.25) is 10.1 Å². The zero-order valence-electron chi connectivity index (χ0n) is 11.3. The molecule has 1 aliphatic carbocycles. The van der Waals surface area contributed by atoms with E-state index in [9.17, 15) is 15.2 Å². The van der Waals surface area contributed by atoms with Crippen molar-refractivity contribution >= 4 is 23.0 Å². The molecule has 1 aliphatic rings. The van der Waals surface area contributed by atoms with Crippen LogP contribution in [0.1, 0.15) is 38.5 Å². The van der Waals surface area contributed by atoms with Gasteiger partial charge in [0.25, 0.3) is 5.69 Å². The maximum absolute atomic E-state index is 10.6. The van der Waals surface area contributed by atoms with Crippen molar-refractivity contribution in [3.8, 4) is 0 Å². The summed E-state index contributed by atoms with van der Waals surface area (Å²) in [4.78, 5) is 10.2. The van der Waals surface area contributed by atoms with Crippen LogP contribution in [-0.2, 0) is 0 Å². The molecule has 0 unspecified atom stereocenters. The van der Waals surface area contributed by atoms with E-state index in [2.05, 4.69) is 5.32 Å². The second-order valence-corrected chi connectivity index (χ2v) is 5.82. The molecule has 0 aromatic heterocycles. The largest absolute Gasteiger partial charge is 0.388 e. The normalized spacial score (nSPS) is 18.3. The van der Waals surface area contributed by atoms with E-state index in [4.69, 9.17) is 11.6 Å². The zero-order chi connectivity index (χ0) is 14.6. The zero-order valence-corrected chi connectivity index (χ0v) is 12.0. The molecular weight excluding hydrogens is 280 g/mol. The number of non-ortho nitro benzene ring substituents is 1. The van der Waals surface area contributed by atoms with E-state index in [0.29, 0.717) is 17.3 Å². The highest BCUT2D eigenvalue weighted by Gasteiger charge is 2.27. The lowest BCUT2D eigenvalue weighted by atomic mass is 9.94. The fraction of sp³-hybridized carbons (Fsp3) is 0.571. The average Bonchev–Trinajstić information content (AvgIpc) is 2.62. The van der Waals surface area contributed by atoms with Gasteiger partial charge in [0.05, 0.1) is 21.2 Å². The summed E-state index contributed by atoms with van der Waals surface area (Å²) in [6.45, 7) is 0.421. The molecule has 0 radical (unpaired) electrons. The van der Waals surface area contributed by atoms with Crippen LogP contribution in [0.2, 0.25) is 5.02 Å². The van der Waals surface area contributed by atoms with Crippen LogP contribution < -0.4 is 5.32 Å². The van der Waals surface area contributed by atoms with Gasteiger partial charge >= 0.3 is 0 Å². The average molecular weight is 299 g/mol. The van der Waals surface area contributed by atoms with Gasteiger partial charge in [-0.15, -0.1) is 0 Å². The molecule has 1 aromatic carbocycles. The lowest BCUT2D eigenvalue weighted by Crippen LogP contribution is -2.36. The Hall–Kier alpha value is -1.33. The summed E-state index contributed by atoms with van der Waals surface area (Å²) in [5.74, 6) is 0. The first-order valence-corrected chi connectivity index (χ1v) is 7.28. The Morgan fingerprint density at radius 3 is 2.50 bits per heavy atom. The number of halogens is 1. The lowest BCUT2D eigenvalue weighted by molar-refractivity contribution is -0.384. The molecule has 0 spiro atoms. The van der Waals surface area contributed by atoms with Gasteiger partial charge in [0.1, 0.15) is 0 Å². The minimum Gasteiger partial charge on any atom is -0.388 e. The Morgan fingerprint density at radius 2 is 1.95 bits per heavy atom. The predicted molar refractivity (Wildman–Crippen MR) is 79.2 cm³/mol. The van der Waals surface area contributed by atoms with Crippen molar-refractivity contribution < 1.29 is 10.0 Å². The van der Waals surface area contributed by atoms with Gasteiger partial charge in [0.2, 0.25) is 0 Å². The molecule has 1 aromatic rings. The highest BCUT2D eigenvalue weighted by molar-refractivity contribution is 6.33. The third kappa shape index (κ3) is 3.84. The Balaban J connectivity index is 2.01. The fourth-order valence-corrected chi connectivity index (χ4v) is 2.83. The second kappa shape index (κ2) is 6.41. The number of nitrogens with zero attached hydrogens (tertiary/aromatic N) is 1. The summed E-state index contributed by atoms with van der Waals surface area (Å²) in [5.41, 5.74) is -0.120.